The number of carbonyl (C=O) groups is 1. The van der Waals surface area contributed by atoms with Gasteiger partial charge in [-0.3, -0.25) is 15.0 Å². The molecule has 1 aromatic heterocycles. The third-order valence-electron chi connectivity index (χ3n) is 3.57. The summed E-state index contributed by atoms with van der Waals surface area (Å²) in [6.45, 7) is 9.79. The summed E-state index contributed by atoms with van der Waals surface area (Å²) in [4.78, 5) is 18.5. The minimum absolute atomic E-state index is 0.187. The summed E-state index contributed by atoms with van der Waals surface area (Å²) in [6.07, 6.45) is 0. The summed E-state index contributed by atoms with van der Waals surface area (Å²) >= 11 is 1.49. The first-order chi connectivity index (χ1) is 10.6. The van der Waals surface area contributed by atoms with Crippen molar-refractivity contribution in [2.75, 3.05) is 31.6 Å². The van der Waals surface area contributed by atoms with Gasteiger partial charge in [0, 0.05) is 25.2 Å². The van der Waals surface area contributed by atoms with E-state index in [0.29, 0.717) is 10.7 Å². The normalized spacial score (nSPS) is 15.9. The fourth-order valence-corrected chi connectivity index (χ4v) is 3.27. The highest BCUT2D eigenvalue weighted by molar-refractivity contribution is 7.22. The molecule has 1 aliphatic heterocycles. The molecule has 1 aromatic carbocycles. The predicted molar refractivity (Wildman–Crippen MR) is 89.2 cm³/mol. The lowest BCUT2D eigenvalue weighted by Crippen LogP contribution is -2.35. The standard InChI is InChI=1S/C16H19N3O2S/c1-11(2)15(20)18-16-17-13-4-3-12(9-14(13)22-16)10-19-5-7-21-8-6-19/h3-4,9H,1,5-8,10H2,2H3,(H,17,18,20). The van der Waals surface area contributed by atoms with Crippen molar-refractivity contribution in [2.24, 2.45) is 0 Å². The van der Waals surface area contributed by atoms with Gasteiger partial charge in [-0.15, -0.1) is 0 Å². The first kappa shape index (κ1) is 15.1. The summed E-state index contributed by atoms with van der Waals surface area (Å²) in [5.74, 6) is -0.187. The molecular weight excluding hydrogens is 298 g/mol. The quantitative estimate of drug-likeness (QED) is 0.881. The number of aromatic nitrogens is 1. The Balaban J connectivity index is 1.74. The number of carbonyl (C=O) groups excluding carboxylic acids is 1. The van der Waals surface area contributed by atoms with Crippen LogP contribution in [0.1, 0.15) is 12.5 Å². The molecule has 2 aromatic rings. The van der Waals surface area contributed by atoms with E-state index in [1.54, 1.807) is 6.92 Å². The lowest BCUT2D eigenvalue weighted by molar-refractivity contribution is -0.112. The monoisotopic (exact) mass is 317 g/mol. The van der Waals surface area contributed by atoms with Gasteiger partial charge in [0.15, 0.2) is 5.13 Å². The fourth-order valence-electron chi connectivity index (χ4n) is 2.34. The number of hydrogen-bond donors (Lipinski definition) is 1. The van der Waals surface area contributed by atoms with Gasteiger partial charge in [0.2, 0.25) is 0 Å². The van der Waals surface area contributed by atoms with E-state index in [-0.39, 0.29) is 5.91 Å². The molecule has 0 atom stereocenters. The molecule has 2 heterocycles. The van der Waals surface area contributed by atoms with Crippen molar-refractivity contribution in [2.45, 2.75) is 13.5 Å². The van der Waals surface area contributed by atoms with Gasteiger partial charge in [-0.2, -0.15) is 0 Å². The Labute approximate surface area is 133 Å². The van der Waals surface area contributed by atoms with Crippen LogP contribution in [0.4, 0.5) is 5.13 Å². The minimum Gasteiger partial charge on any atom is -0.379 e. The molecule has 1 aliphatic rings. The molecule has 1 N–H and O–H groups in total. The van der Waals surface area contributed by atoms with Crippen LogP contribution in [0.15, 0.2) is 30.4 Å². The molecule has 1 amide bonds. The van der Waals surface area contributed by atoms with Crippen molar-refractivity contribution in [1.29, 1.82) is 0 Å². The number of nitrogens with one attached hydrogen (secondary N) is 1. The summed E-state index contributed by atoms with van der Waals surface area (Å²) in [5, 5.41) is 3.39. The van der Waals surface area contributed by atoms with E-state index in [9.17, 15) is 4.79 Å². The zero-order valence-corrected chi connectivity index (χ0v) is 13.4. The van der Waals surface area contributed by atoms with Gasteiger partial charge in [0.1, 0.15) is 0 Å². The van der Waals surface area contributed by atoms with E-state index >= 15 is 0 Å². The van der Waals surface area contributed by atoms with Gasteiger partial charge < -0.3 is 4.74 Å². The Morgan fingerprint density at radius 2 is 2.23 bits per heavy atom. The molecule has 0 bridgehead atoms. The molecule has 22 heavy (non-hydrogen) atoms. The van der Waals surface area contributed by atoms with Crippen molar-refractivity contribution in [3.05, 3.63) is 35.9 Å². The third kappa shape index (κ3) is 3.52. The zero-order chi connectivity index (χ0) is 15.5. The molecule has 0 spiro atoms. The topological polar surface area (TPSA) is 54.5 Å². The highest BCUT2D eigenvalue weighted by atomic mass is 32.1. The Morgan fingerprint density at radius 3 is 2.95 bits per heavy atom. The molecular formula is C16H19N3O2S. The second-order valence-corrected chi connectivity index (χ2v) is 6.47. The first-order valence-electron chi connectivity index (χ1n) is 7.28. The van der Waals surface area contributed by atoms with Crippen LogP contribution in [-0.2, 0) is 16.1 Å². The minimum atomic E-state index is -0.187. The zero-order valence-electron chi connectivity index (χ0n) is 12.6. The lowest BCUT2D eigenvalue weighted by Gasteiger charge is -2.26. The van der Waals surface area contributed by atoms with E-state index in [4.69, 9.17) is 4.74 Å². The molecule has 1 saturated heterocycles. The van der Waals surface area contributed by atoms with Gasteiger partial charge in [0.05, 0.1) is 23.4 Å². The van der Waals surface area contributed by atoms with Gasteiger partial charge in [-0.1, -0.05) is 24.0 Å². The highest BCUT2D eigenvalue weighted by Gasteiger charge is 2.12. The second kappa shape index (κ2) is 6.56. The number of fused-ring (bicyclic) bond motifs is 1. The first-order valence-corrected chi connectivity index (χ1v) is 8.10. The number of thiazole rings is 1. The summed E-state index contributed by atoms with van der Waals surface area (Å²) < 4.78 is 6.46. The van der Waals surface area contributed by atoms with Gasteiger partial charge in [-0.05, 0) is 24.6 Å². The molecule has 3 rings (SSSR count). The Kier molecular flexibility index (Phi) is 4.52. The van der Waals surface area contributed by atoms with E-state index < -0.39 is 0 Å². The number of hydrogen-bond acceptors (Lipinski definition) is 5. The molecule has 0 radical (unpaired) electrons. The number of nitrogens with zero attached hydrogens (tertiary/aromatic N) is 2. The van der Waals surface area contributed by atoms with Gasteiger partial charge in [-0.25, -0.2) is 4.98 Å². The van der Waals surface area contributed by atoms with Crippen molar-refractivity contribution in [3.8, 4) is 0 Å². The highest BCUT2D eigenvalue weighted by Crippen LogP contribution is 2.27. The number of amides is 1. The molecule has 116 valence electrons. The number of benzene rings is 1. The van der Waals surface area contributed by atoms with Crippen LogP contribution in [0.3, 0.4) is 0 Å². The lowest BCUT2D eigenvalue weighted by atomic mass is 10.2. The number of morpholine rings is 1. The molecule has 0 unspecified atom stereocenters. The maximum absolute atomic E-state index is 11.7. The largest absolute Gasteiger partial charge is 0.379 e. The Morgan fingerprint density at radius 1 is 1.45 bits per heavy atom. The third-order valence-corrected chi connectivity index (χ3v) is 4.50. The van der Waals surface area contributed by atoms with Gasteiger partial charge in [0.25, 0.3) is 5.91 Å². The van der Waals surface area contributed by atoms with Crippen LogP contribution in [0.25, 0.3) is 10.2 Å². The maximum atomic E-state index is 11.7. The van der Waals surface area contributed by atoms with Gasteiger partial charge >= 0.3 is 0 Å². The average Bonchev–Trinajstić information content (AvgIpc) is 2.89. The Bertz CT molecular complexity index is 704. The maximum Gasteiger partial charge on any atom is 0.252 e. The van der Waals surface area contributed by atoms with Crippen LogP contribution >= 0.6 is 11.3 Å². The smallest absolute Gasteiger partial charge is 0.252 e. The van der Waals surface area contributed by atoms with Crippen molar-refractivity contribution in [1.82, 2.24) is 9.88 Å². The van der Waals surface area contributed by atoms with Crippen LogP contribution in [0, 0.1) is 0 Å². The van der Waals surface area contributed by atoms with Crippen molar-refractivity contribution in [3.63, 3.8) is 0 Å². The van der Waals surface area contributed by atoms with Crippen molar-refractivity contribution < 1.29 is 9.53 Å². The van der Waals surface area contributed by atoms with E-state index in [1.807, 2.05) is 6.07 Å². The van der Waals surface area contributed by atoms with E-state index in [0.717, 1.165) is 43.1 Å². The van der Waals surface area contributed by atoms with E-state index in [1.165, 1.54) is 16.9 Å². The average molecular weight is 317 g/mol. The Hall–Kier alpha value is -1.76. The molecule has 5 nitrogen and oxygen atoms in total. The number of anilines is 1. The molecule has 6 heteroatoms. The molecule has 0 saturated carbocycles. The van der Waals surface area contributed by atoms with Crippen LogP contribution < -0.4 is 5.32 Å². The van der Waals surface area contributed by atoms with Crippen LogP contribution in [0.5, 0.6) is 0 Å². The second-order valence-electron chi connectivity index (χ2n) is 5.44. The van der Waals surface area contributed by atoms with E-state index in [2.05, 4.69) is 33.9 Å². The molecule has 0 aliphatic carbocycles. The SMILES string of the molecule is C=C(C)C(=O)Nc1nc2ccc(CN3CCOCC3)cc2s1. The fraction of sp³-hybridized carbons (Fsp3) is 0.375. The number of ether oxygens (including phenoxy) is 1. The summed E-state index contributed by atoms with van der Waals surface area (Å²) in [7, 11) is 0. The van der Waals surface area contributed by atoms with Crippen LogP contribution in [-0.4, -0.2) is 42.1 Å². The predicted octanol–water partition coefficient (Wildman–Crippen LogP) is 2.64. The number of rotatable bonds is 4. The summed E-state index contributed by atoms with van der Waals surface area (Å²) in [5.41, 5.74) is 2.65. The van der Waals surface area contributed by atoms with Crippen molar-refractivity contribution >= 4 is 32.6 Å². The van der Waals surface area contributed by atoms with Crippen LogP contribution in [0.2, 0.25) is 0 Å². The molecule has 1 fully saturated rings. The summed E-state index contributed by atoms with van der Waals surface area (Å²) in [6, 6.07) is 6.26.